The van der Waals surface area contributed by atoms with Gasteiger partial charge in [0.2, 0.25) is 10.9 Å². The van der Waals surface area contributed by atoms with Crippen LogP contribution < -0.4 is 10.9 Å². The fourth-order valence-electron chi connectivity index (χ4n) is 6.83. The Balaban J connectivity index is 0.000000184. The van der Waals surface area contributed by atoms with Crippen molar-refractivity contribution >= 4 is 77.2 Å². The number of ether oxygens (including phenoxy) is 1. The Kier molecular flexibility index (Phi) is 12.7. The summed E-state index contributed by atoms with van der Waals surface area (Å²) in [5, 5.41) is 10.2. The maximum absolute atomic E-state index is 13.4. The van der Waals surface area contributed by atoms with Gasteiger partial charge in [0.1, 0.15) is 9.21 Å². The van der Waals surface area contributed by atoms with Crippen LogP contribution in [0.1, 0.15) is 63.9 Å². The standard InChI is InChI=1S/C24H17BrN2O4.C23H15BrN2O4/c1-31-24(30)17-9-3-2-8-16(17)22(28)19-14-27(13-15-7-6-12-21(25)26-15)20-11-5-4-10-18(20)23(19)29;24-20-11-5-6-14(25-20)12-26-13-18(22(28)17-9-3-4-10-19(17)26)21(27)15-7-1-2-8-16(15)23(29)30/h2-12,14H,13H2,1H3;1-11,13H,12H2,(H,29,30). The number of hydrogen-bond donors (Lipinski definition) is 1. The number of para-hydroxylation sites is 2. The monoisotopic (exact) mass is 938 g/mol. The third-order valence-corrected chi connectivity index (χ3v) is 10.5. The number of carboxylic acid groups (broad SMARTS) is 1. The molecule has 4 aromatic heterocycles. The molecule has 12 nitrogen and oxygen atoms in total. The van der Waals surface area contributed by atoms with Crippen molar-refractivity contribution in [2.75, 3.05) is 7.11 Å². The molecule has 8 rings (SSSR count). The van der Waals surface area contributed by atoms with Gasteiger partial charge in [-0.3, -0.25) is 19.2 Å². The molecule has 0 spiro atoms. The largest absolute Gasteiger partial charge is 0.478 e. The second kappa shape index (κ2) is 18.4. The SMILES string of the molecule is COC(=O)c1ccccc1C(=O)c1cn(Cc2cccc(Br)n2)c2ccccc2c1=O.O=C(O)c1ccccc1C(=O)c1cn(Cc2cccc(Br)n2)c2ccccc2c1=O. The number of nitrogens with zero attached hydrogens (tertiary/aromatic N) is 4. The predicted molar refractivity (Wildman–Crippen MR) is 237 cm³/mol. The number of carbonyl (C=O) groups is 4. The summed E-state index contributed by atoms with van der Waals surface area (Å²) >= 11 is 6.71. The van der Waals surface area contributed by atoms with Gasteiger partial charge in [-0.1, -0.05) is 72.8 Å². The van der Waals surface area contributed by atoms with Crippen LogP contribution in [-0.2, 0) is 17.8 Å². The van der Waals surface area contributed by atoms with Crippen LogP contribution in [-0.4, -0.2) is 54.8 Å². The molecule has 0 aliphatic carbocycles. The molecule has 1 N–H and O–H groups in total. The molecule has 0 saturated heterocycles. The molecule has 0 radical (unpaired) electrons. The number of aromatic nitrogens is 4. The molecule has 302 valence electrons. The van der Waals surface area contributed by atoms with Gasteiger partial charge in [-0.05, 0) is 92.5 Å². The van der Waals surface area contributed by atoms with Crippen molar-refractivity contribution in [1.82, 2.24) is 19.1 Å². The van der Waals surface area contributed by atoms with Gasteiger partial charge in [-0.25, -0.2) is 19.6 Å². The number of esters is 1. The fraction of sp³-hybridized carbons (Fsp3) is 0.0638. The lowest BCUT2D eigenvalue weighted by Gasteiger charge is -2.14. The highest BCUT2D eigenvalue weighted by molar-refractivity contribution is 9.10. The summed E-state index contributed by atoms with van der Waals surface area (Å²) in [7, 11) is 1.25. The molecule has 14 heteroatoms. The molecule has 0 unspecified atom stereocenters. The van der Waals surface area contributed by atoms with E-state index in [0.29, 0.717) is 44.1 Å². The normalized spacial score (nSPS) is 10.8. The molecule has 4 heterocycles. The molecule has 0 aliphatic rings. The predicted octanol–water partition coefficient (Wildman–Crippen LogP) is 8.36. The number of aromatic carboxylic acids is 1. The van der Waals surface area contributed by atoms with E-state index in [-0.39, 0.29) is 33.4 Å². The van der Waals surface area contributed by atoms with Gasteiger partial charge in [-0.15, -0.1) is 0 Å². The Hall–Kier alpha value is -7.16. The van der Waals surface area contributed by atoms with E-state index in [0.717, 1.165) is 11.4 Å². The van der Waals surface area contributed by atoms with Crippen molar-refractivity contribution in [3.63, 3.8) is 0 Å². The number of methoxy groups -OCH3 is 1. The van der Waals surface area contributed by atoms with Crippen molar-refractivity contribution in [2.45, 2.75) is 13.1 Å². The van der Waals surface area contributed by atoms with E-state index in [1.54, 1.807) is 53.1 Å². The average Bonchev–Trinajstić information content (AvgIpc) is 3.28. The number of fused-ring (bicyclic) bond motifs is 2. The minimum Gasteiger partial charge on any atom is -0.478 e. The summed E-state index contributed by atoms with van der Waals surface area (Å²) in [5.74, 6) is -3.02. The highest BCUT2D eigenvalue weighted by Crippen LogP contribution is 2.21. The van der Waals surface area contributed by atoms with E-state index in [9.17, 15) is 33.9 Å². The van der Waals surface area contributed by atoms with Gasteiger partial charge in [0, 0.05) is 34.3 Å². The molecule has 0 aliphatic heterocycles. The summed E-state index contributed by atoms with van der Waals surface area (Å²) in [6, 6.07) is 37.3. The summed E-state index contributed by atoms with van der Waals surface area (Å²) in [4.78, 5) is 85.4. The Morgan fingerprint density at radius 2 is 0.918 bits per heavy atom. The van der Waals surface area contributed by atoms with E-state index < -0.39 is 34.4 Å². The van der Waals surface area contributed by atoms with Crippen LogP contribution in [0.25, 0.3) is 21.8 Å². The Morgan fingerprint density at radius 1 is 0.525 bits per heavy atom. The molecule has 61 heavy (non-hydrogen) atoms. The number of hydrogen-bond acceptors (Lipinski definition) is 9. The van der Waals surface area contributed by atoms with Crippen LogP contribution in [0, 0.1) is 0 Å². The van der Waals surface area contributed by atoms with Crippen molar-refractivity contribution in [3.8, 4) is 0 Å². The molecule has 0 amide bonds. The average molecular weight is 941 g/mol. The molecule has 0 saturated carbocycles. The summed E-state index contributed by atoms with van der Waals surface area (Å²) in [5.41, 5.74) is 1.98. The van der Waals surface area contributed by atoms with Gasteiger partial charge >= 0.3 is 11.9 Å². The number of halogens is 2. The number of ketones is 2. The first-order chi connectivity index (χ1) is 29.4. The summed E-state index contributed by atoms with van der Waals surface area (Å²) in [6.07, 6.45) is 3.01. The first-order valence-electron chi connectivity index (χ1n) is 18.5. The highest BCUT2D eigenvalue weighted by Gasteiger charge is 2.24. The van der Waals surface area contributed by atoms with E-state index in [1.165, 1.54) is 49.8 Å². The molecule has 4 aromatic carbocycles. The first-order valence-corrected chi connectivity index (χ1v) is 20.1. The zero-order valence-corrected chi connectivity index (χ0v) is 35.3. The smallest absolute Gasteiger partial charge is 0.338 e. The van der Waals surface area contributed by atoms with Crippen molar-refractivity contribution in [2.24, 2.45) is 0 Å². The van der Waals surface area contributed by atoms with E-state index in [1.807, 2.05) is 59.2 Å². The van der Waals surface area contributed by atoms with Gasteiger partial charge in [0.05, 0.1) is 64.9 Å². The lowest BCUT2D eigenvalue weighted by molar-refractivity contribution is 0.0596. The highest BCUT2D eigenvalue weighted by atomic mass is 79.9. The quantitative estimate of drug-likeness (QED) is 0.0800. The first kappa shape index (κ1) is 42.0. The molecular weight excluding hydrogens is 908 g/mol. The van der Waals surface area contributed by atoms with Gasteiger partial charge in [0.25, 0.3) is 0 Å². The molecule has 0 fully saturated rings. The van der Waals surface area contributed by atoms with Crippen molar-refractivity contribution in [3.05, 3.63) is 220 Å². The van der Waals surface area contributed by atoms with Crippen LogP contribution in [0.15, 0.2) is 165 Å². The van der Waals surface area contributed by atoms with E-state index >= 15 is 0 Å². The van der Waals surface area contributed by atoms with E-state index in [4.69, 9.17) is 4.74 Å². The number of pyridine rings is 4. The zero-order valence-electron chi connectivity index (χ0n) is 32.1. The lowest BCUT2D eigenvalue weighted by atomic mass is 9.98. The van der Waals surface area contributed by atoms with Crippen molar-refractivity contribution < 1.29 is 29.0 Å². The zero-order chi connectivity index (χ0) is 43.2. The number of carbonyl (C=O) groups excluding carboxylic acids is 3. The Labute approximate surface area is 364 Å². The van der Waals surface area contributed by atoms with Crippen LogP contribution in [0.5, 0.6) is 0 Å². The topological polar surface area (TPSA) is 168 Å². The Bertz CT molecular complexity index is 3160. The number of benzene rings is 4. The summed E-state index contributed by atoms with van der Waals surface area (Å²) in [6.45, 7) is 0.695. The molecule has 0 bridgehead atoms. The van der Waals surface area contributed by atoms with Crippen molar-refractivity contribution in [1.29, 1.82) is 0 Å². The molecule has 0 atom stereocenters. The second-order valence-corrected chi connectivity index (χ2v) is 15.1. The fourth-order valence-corrected chi connectivity index (χ4v) is 7.59. The minimum absolute atomic E-state index is 0.0231. The third kappa shape index (κ3) is 9.05. The minimum atomic E-state index is -1.22. The van der Waals surface area contributed by atoms with Crippen LogP contribution in [0.4, 0.5) is 0 Å². The summed E-state index contributed by atoms with van der Waals surface area (Å²) < 4.78 is 9.76. The third-order valence-electron chi connectivity index (χ3n) is 9.65. The lowest BCUT2D eigenvalue weighted by Crippen LogP contribution is -2.22. The van der Waals surface area contributed by atoms with Crippen LogP contribution in [0.3, 0.4) is 0 Å². The van der Waals surface area contributed by atoms with E-state index in [2.05, 4.69) is 41.8 Å². The molecular formula is C47H32Br2N4O8. The van der Waals surface area contributed by atoms with Crippen LogP contribution >= 0.6 is 31.9 Å². The number of carboxylic acids is 1. The van der Waals surface area contributed by atoms with Crippen LogP contribution in [0.2, 0.25) is 0 Å². The number of rotatable bonds is 10. The van der Waals surface area contributed by atoms with Gasteiger partial charge in [0.15, 0.2) is 11.6 Å². The second-order valence-electron chi connectivity index (χ2n) is 13.5. The molecule has 8 aromatic rings. The maximum Gasteiger partial charge on any atom is 0.338 e. The maximum atomic E-state index is 13.4. The van der Waals surface area contributed by atoms with Gasteiger partial charge < -0.3 is 19.0 Å². The van der Waals surface area contributed by atoms with Gasteiger partial charge in [-0.2, -0.15) is 0 Å². The Morgan fingerprint density at radius 3 is 1.34 bits per heavy atom.